The number of hydrogen-bond acceptors (Lipinski definition) is 6. The molecule has 1 heterocycles. The van der Waals surface area contributed by atoms with E-state index in [9.17, 15) is 5.11 Å². The van der Waals surface area contributed by atoms with Crippen LogP contribution in [0, 0.1) is 0 Å². The van der Waals surface area contributed by atoms with Gasteiger partial charge in [-0.25, -0.2) is 10.8 Å². The summed E-state index contributed by atoms with van der Waals surface area (Å²) in [5.74, 6) is 13.4. The van der Waals surface area contributed by atoms with E-state index in [0.29, 0.717) is 12.6 Å². The van der Waals surface area contributed by atoms with Crippen LogP contribution < -0.4 is 16.4 Å². The minimum absolute atomic E-state index is 0.0116. The number of nitrogens with two attached hydrogens (primary N) is 2. The van der Waals surface area contributed by atoms with Crippen molar-refractivity contribution in [3.63, 3.8) is 0 Å². The Morgan fingerprint density at radius 3 is 2.78 bits per heavy atom. The third-order valence-electron chi connectivity index (χ3n) is 5.14. The number of amidine groups is 1. The van der Waals surface area contributed by atoms with Crippen LogP contribution in [0.2, 0.25) is 0 Å². The number of rotatable bonds is 7. The molecule has 0 bridgehead atoms. The van der Waals surface area contributed by atoms with E-state index in [4.69, 9.17) is 16.4 Å². The summed E-state index contributed by atoms with van der Waals surface area (Å²) in [6.07, 6.45) is 8.49. The number of aromatic hydroxyl groups is 1. The van der Waals surface area contributed by atoms with E-state index in [1.54, 1.807) is 11.1 Å². The average molecular weight is 371 g/mol. The van der Waals surface area contributed by atoms with E-state index in [-0.39, 0.29) is 5.88 Å². The van der Waals surface area contributed by atoms with Crippen molar-refractivity contribution in [1.82, 2.24) is 9.99 Å². The number of hydrazine groups is 1. The summed E-state index contributed by atoms with van der Waals surface area (Å²) in [7, 11) is 0. The van der Waals surface area contributed by atoms with Crippen molar-refractivity contribution >= 4 is 16.7 Å². The van der Waals surface area contributed by atoms with Gasteiger partial charge in [-0.15, -0.1) is 0 Å². The van der Waals surface area contributed by atoms with Gasteiger partial charge in [-0.1, -0.05) is 25.3 Å². The first-order valence-corrected chi connectivity index (χ1v) is 9.71. The second-order valence-corrected chi connectivity index (χ2v) is 7.04. The minimum atomic E-state index is 0.0116. The van der Waals surface area contributed by atoms with Crippen LogP contribution in [0.3, 0.4) is 0 Å². The molecule has 0 atom stereocenters. The van der Waals surface area contributed by atoms with Gasteiger partial charge in [-0.3, -0.25) is 5.01 Å². The van der Waals surface area contributed by atoms with Gasteiger partial charge in [0.05, 0.1) is 12.1 Å². The molecule has 1 aliphatic carbocycles. The van der Waals surface area contributed by atoms with Gasteiger partial charge in [0, 0.05) is 23.9 Å². The second-order valence-electron chi connectivity index (χ2n) is 7.04. The molecule has 1 aliphatic rings. The monoisotopic (exact) mass is 371 g/mol. The zero-order valence-corrected chi connectivity index (χ0v) is 15.7. The van der Waals surface area contributed by atoms with Crippen LogP contribution in [-0.4, -0.2) is 33.6 Å². The fourth-order valence-electron chi connectivity index (χ4n) is 3.64. The molecule has 0 spiro atoms. The van der Waals surface area contributed by atoms with Crippen molar-refractivity contribution in [3.05, 3.63) is 30.3 Å². The lowest BCUT2D eigenvalue weighted by atomic mass is 9.95. The number of ether oxygens (including phenoxy) is 1. The highest BCUT2D eigenvalue weighted by Crippen LogP contribution is 2.26. The van der Waals surface area contributed by atoms with Gasteiger partial charge in [-0.05, 0) is 43.9 Å². The zero-order valence-electron chi connectivity index (χ0n) is 15.7. The highest BCUT2D eigenvalue weighted by atomic mass is 16.5. The Kier molecular flexibility index (Phi) is 6.70. The Balaban J connectivity index is 1.46. The number of pyridine rings is 1. The molecule has 1 aromatic heterocycles. The van der Waals surface area contributed by atoms with Crippen LogP contribution >= 0.6 is 0 Å². The first-order chi connectivity index (χ1) is 13.2. The van der Waals surface area contributed by atoms with Crippen LogP contribution in [0.1, 0.15) is 51.4 Å². The number of hydrazone groups is 1. The highest BCUT2D eigenvalue weighted by molar-refractivity contribution is 5.85. The number of fused-ring (bicyclic) bond motifs is 1. The molecule has 0 amide bonds. The van der Waals surface area contributed by atoms with Crippen molar-refractivity contribution in [3.8, 4) is 11.6 Å². The third kappa shape index (κ3) is 5.01. The predicted molar refractivity (Wildman–Crippen MR) is 107 cm³/mol. The highest BCUT2D eigenvalue weighted by Gasteiger charge is 2.21. The maximum atomic E-state index is 9.49. The number of hydrogen-bond donors (Lipinski definition) is 3. The molecular weight excluding hydrogens is 342 g/mol. The molecule has 7 nitrogen and oxygen atoms in total. The average Bonchev–Trinajstić information content (AvgIpc) is 2.70. The Morgan fingerprint density at radius 2 is 2.00 bits per heavy atom. The van der Waals surface area contributed by atoms with Crippen molar-refractivity contribution in [2.24, 2.45) is 16.8 Å². The summed E-state index contributed by atoms with van der Waals surface area (Å²) in [5.41, 5.74) is 0.719. The Bertz CT molecular complexity index is 774. The summed E-state index contributed by atoms with van der Waals surface area (Å²) in [6, 6.07) is 9.39. The van der Waals surface area contributed by atoms with Gasteiger partial charge in [0.15, 0.2) is 0 Å². The number of unbranched alkanes of at least 4 members (excludes halogenated alkanes) is 1. The molecule has 0 aliphatic heterocycles. The Morgan fingerprint density at radius 1 is 1.19 bits per heavy atom. The zero-order chi connectivity index (χ0) is 19.1. The Hall–Kier alpha value is -2.54. The summed E-state index contributed by atoms with van der Waals surface area (Å²) in [4.78, 5) is 4.11. The maximum absolute atomic E-state index is 9.49. The van der Waals surface area contributed by atoms with Gasteiger partial charge in [-0.2, -0.15) is 5.10 Å². The van der Waals surface area contributed by atoms with Crippen LogP contribution in [0.4, 0.5) is 0 Å². The van der Waals surface area contributed by atoms with Crippen LogP contribution in [0.5, 0.6) is 11.6 Å². The van der Waals surface area contributed by atoms with Crippen LogP contribution in [0.25, 0.3) is 10.9 Å². The molecule has 3 rings (SSSR count). The molecule has 146 valence electrons. The van der Waals surface area contributed by atoms with Gasteiger partial charge in [0.1, 0.15) is 11.6 Å². The summed E-state index contributed by atoms with van der Waals surface area (Å²) in [5, 5.41) is 16.1. The molecular formula is C20H29N5O2. The molecule has 1 fully saturated rings. The second kappa shape index (κ2) is 9.41. The summed E-state index contributed by atoms with van der Waals surface area (Å²) < 4.78 is 5.91. The van der Waals surface area contributed by atoms with E-state index >= 15 is 0 Å². The molecule has 2 aromatic rings. The van der Waals surface area contributed by atoms with Crippen molar-refractivity contribution in [2.75, 3.05) is 6.61 Å². The molecule has 0 unspecified atom stereocenters. The largest absolute Gasteiger partial charge is 0.493 e. The molecule has 0 radical (unpaired) electrons. The van der Waals surface area contributed by atoms with E-state index in [1.165, 1.54) is 19.3 Å². The first kappa shape index (κ1) is 19.2. The lowest BCUT2D eigenvalue weighted by molar-refractivity contribution is 0.242. The predicted octanol–water partition coefficient (Wildman–Crippen LogP) is 3.27. The molecule has 27 heavy (non-hydrogen) atoms. The standard InChI is InChI=1S/C20H29N5O2/c21-24-19(25(22)15-7-2-1-3-8-15)11-4-5-14-27-18-10-6-9-17-16(18)12-13-20(26)23-17/h6,9-10,12-13,15H,1-5,7-8,11,14,21-22H2,(H,23,26)/b24-19-. The molecule has 7 heteroatoms. The first-order valence-electron chi connectivity index (χ1n) is 9.71. The molecule has 1 aromatic carbocycles. The normalized spacial score (nSPS) is 15.8. The number of nitrogens with zero attached hydrogens (tertiary/aromatic N) is 3. The molecule has 1 saturated carbocycles. The van der Waals surface area contributed by atoms with Crippen molar-refractivity contribution in [2.45, 2.75) is 57.4 Å². The topological polar surface area (TPSA) is 110 Å². The SMILES string of the molecule is N/N=C(/CCCCOc1cccc2nc(O)ccc12)N(N)C1CCCCC1. The van der Waals surface area contributed by atoms with Crippen molar-refractivity contribution in [1.29, 1.82) is 0 Å². The van der Waals surface area contributed by atoms with Crippen LogP contribution in [0.15, 0.2) is 35.4 Å². The van der Waals surface area contributed by atoms with Gasteiger partial charge < -0.3 is 15.7 Å². The van der Waals surface area contributed by atoms with Crippen LogP contribution in [-0.2, 0) is 0 Å². The van der Waals surface area contributed by atoms with E-state index < -0.39 is 0 Å². The number of aromatic nitrogens is 1. The maximum Gasteiger partial charge on any atom is 0.211 e. The van der Waals surface area contributed by atoms with Gasteiger partial charge >= 0.3 is 0 Å². The smallest absolute Gasteiger partial charge is 0.211 e. The minimum Gasteiger partial charge on any atom is -0.493 e. The van der Waals surface area contributed by atoms with Crippen molar-refractivity contribution < 1.29 is 9.84 Å². The quantitative estimate of drug-likeness (QED) is 0.226. The lowest BCUT2D eigenvalue weighted by Crippen LogP contribution is -2.46. The fourth-order valence-corrected chi connectivity index (χ4v) is 3.64. The Labute approximate surface area is 160 Å². The lowest BCUT2D eigenvalue weighted by Gasteiger charge is -2.32. The number of benzene rings is 1. The summed E-state index contributed by atoms with van der Waals surface area (Å²) in [6.45, 7) is 0.589. The van der Waals surface area contributed by atoms with Gasteiger partial charge in [0.2, 0.25) is 5.88 Å². The van der Waals surface area contributed by atoms with E-state index in [2.05, 4.69) is 10.1 Å². The summed E-state index contributed by atoms with van der Waals surface area (Å²) >= 11 is 0. The van der Waals surface area contributed by atoms with E-state index in [1.807, 2.05) is 24.3 Å². The molecule has 5 N–H and O–H groups in total. The molecule has 0 saturated heterocycles. The van der Waals surface area contributed by atoms with Gasteiger partial charge in [0.25, 0.3) is 0 Å². The fraction of sp³-hybridized carbons (Fsp3) is 0.500. The third-order valence-corrected chi connectivity index (χ3v) is 5.14. The van der Waals surface area contributed by atoms with E-state index in [0.717, 1.165) is 54.6 Å².